The van der Waals surface area contributed by atoms with Gasteiger partial charge in [-0.1, -0.05) is 0 Å². The van der Waals surface area contributed by atoms with Crippen molar-refractivity contribution >= 4 is 40.7 Å². The van der Waals surface area contributed by atoms with E-state index in [4.69, 9.17) is 5.73 Å². The van der Waals surface area contributed by atoms with E-state index in [9.17, 15) is 4.39 Å². The molecule has 0 aliphatic carbocycles. The molecule has 1 aromatic rings. The quantitative estimate of drug-likeness (QED) is 0.570. The van der Waals surface area contributed by atoms with Gasteiger partial charge in [0, 0.05) is 9.26 Å². The molecule has 0 fully saturated rings. The van der Waals surface area contributed by atoms with Crippen LogP contribution in [0.25, 0.3) is 0 Å². The summed E-state index contributed by atoms with van der Waals surface area (Å²) in [5, 5.41) is 0. The predicted octanol–water partition coefficient (Wildman–Crippen LogP) is 2.43. The molecule has 10 heavy (non-hydrogen) atoms. The number of hydrogen-bond donors (Lipinski definition) is 1. The molecule has 4 heteroatoms. The molecule has 1 nitrogen and oxygen atoms in total. The topological polar surface area (TPSA) is 26.0 Å². The van der Waals surface area contributed by atoms with E-state index in [0.717, 1.165) is 3.57 Å². The van der Waals surface area contributed by atoms with E-state index < -0.39 is 0 Å². The van der Waals surface area contributed by atoms with Gasteiger partial charge in [0.1, 0.15) is 5.82 Å². The molecule has 2 N–H and O–H groups in total. The summed E-state index contributed by atoms with van der Waals surface area (Å²) in [7, 11) is 0. The van der Waals surface area contributed by atoms with Crippen LogP contribution < -0.4 is 5.73 Å². The van der Waals surface area contributed by atoms with Gasteiger partial charge >= 0.3 is 0 Å². The van der Waals surface area contributed by atoms with Crippen LogP contribution in [0.2, 0.25) is 0 Å². The van der Waals surface area contributed by atoms with Crippen LogP contribution in [-0.4, -0.2) is 0 Å². The Morgan fingerprint density at radius 3 is 2.30 bits per heavy atom. The molecule has 1 aromatic carbocycles. The Morgan fingerprint density at radius 2 is 1.90 bits per heavy atom. The molecule has 0 aliphatic rings. The second-order valence-corrected chi connectivity index (χ2v) is 2.95. The van der Waals surface area contributed by atoms with E-state index in [0.29, 0.717) is 5.69 Å². The molecule has 0 amide bonds. The van der Waals surface area contributed by atoms with Gasteiger partial charge in [0.15, 0.2) is 0 Å². The average molecular weight is 273 g/mol. The SMILES string of the molecule is Cl.Nc1cc(F)cc(I)c1. The highest BCUT2D eigenvalue weighted by atomic mass is 127. The maximum atomic E-state index is 12.3. The Kier molecular flexibility index (Phi) is 3.96. The Morgan fingerprint density at radius 1 is 1.30 bits per heavy atom. The summed E-state index contributed by atoms with van der Waals surface area (Å²) < 4.78 is 13.2. The van der Waals surface area contributed by atoms with E-state index >= 15 is 0 Å². The van der Waals surface area contributed by atoms with E-state index in [1.54, 1.807) is 6.07 Å². The molecule has 56 valence electrons. The molecule has 0 saturated carbocycles. The number of nitrogens with two attached hydrogens (primary N) is 1. The van der Waals surface area contributed by atoms with Crippen molar-refractivity contribution < 1.29 is 4.39 Å². The zero-order valence-electron chi connectivity index (χ0n) is 4.97. The largest absolute Gasteiger partial charge is 0.399 e. The molecule has 0 unspecified atom stereocenters. The maximum Gasteiger partial charge on any atom is 0.126 e. The molecule has 0 saturated heterocycles. The fourth-order valence-electron chi connectivity index (χ4n) is 0.575. The molecule has 0 aliphatic heterocycles. The standard InChI is InChI=1S/C6H5FIN.ClH/c7-4-1-5(8)3-6(9)2-4;/h1-3H,9H2;1H. The van der Waals surface area contributed by atoms with Gasteiger partial charge in [-0.2, -0.15) is 0 Å². The first-order valence-electron chi connectivity index (χ1n) is 2.40. The van der Waals surface area contributed by atoms with Gasteiger partial charge in [0.05, 0.1) is 0 Å². The lowest BCUT2D eigenvalue weighted by Crippen LogP contribution is -1.86. The van der Waals surface area contributed by atoms with Crippen molar-refractivity contribution in [2.24, 2.45) is 0 Å². The van der Waals surface area contributed by atoms with E-state index in [1.165, 1.54) is 12.1 Å². The Bertz CT molecular complexity index is 179. The Hall–Kier alpha value is -0.0300. The normalized spacial score (nSPS) is 8.60. The lowest BCUT2D eigenvalue weighted by molar-refractivity contribution is 0.627. The molecule has 1 rings (SSSR count). The van der Waals surface area contributed by atoms with E-state index in [1.807, 2.05) is 22.6 Å². The fourth-order valence-corrected chi connectivity index (χ4v) is 1.23. The molecule has 0 radical (unpaired) electrons. The van der Waals surface area contributed by atoms with E-state index in [2.05, 4.69) is 0 Å². The lowest BCUT2D eigenvalue weighted by Gasteiger charge is -1.93. The van der Waals surface area contributed by atoms with Crippen molar-refractivity contribution in [2.45, 2.75) is 0 Å². The van der Waals surface area contributed by atoms with E-state index in [-0.39, 0.29) is 18.2 Å². The first-order valence-corrected chi connectivity index (χ1v) is 3.48. The summed E-state index contributed by atoms with van der Waals surface area (Å²) in [4.78, 5) is 0. The van der Waals surface area contributed by atoms with Gasteiger partial charge < -0.3 is 5.73 Å². The third-order valence-electron chi connectivity index (χ3n) is 0.885. The predicted molar refractivity (Wildman–Crippen MR) is 50.8 cm³/mol. The van der Waals surface area contributed by atoms with Crippen LogP contribution in [-0.2, 0) is 0 Å². The monoisotopic (exact) mass is 273 g/mol. The molecular weight excluding hydrogens is 267 g/mol. The van der Waals surface area contributed by atoms with Gasteiger partial charge in [-0.3, -0.25) is 0 Å². The minimum Gasteiger partial charge on any atom is -0.399 e. The second kappa shape index (κ2) is 3.98. The van der Waals surface area contributed by atoms with Crippen LogP contribution in [0.3, 0.4) is 0 Å². The minimum absolute atomic E-state index is 0. The van der Waals surface area contributed by atoms with Crippen molar-refractivity contribution in [3.63, 3.8) is 0 Å². The van der Waals surface area contributed by atoms with Crippen molar-refractivity contribution in [3.8, 4) is 0 Å². The second-order valence-electron chi connectivity index (χ2n) is 1.70. The fraction of sp³-hybridized carbons (Fsp3) is 0. The summed E-state index contributed by atoms with van der Waals surface area (Å²) in [6, 6.07) is 4.43. The van der Waals surface area contributed by atoms with Crippen LogP contribution in [0, 0.1) is 9.39 Å². The summed E-state index contributed by atoms with van der Waals surface area (Å²) in [6.45, 7) is 0. The zero-order valence-corrected chi connectivity index (χ0v) is 7.95. The summed E-state index contributed by atoms with van der Waals surface area (Å²) >= 11 is 2.01. The highest BCUT2D eigenvalue weighted by Gasteiger charge is 1.92. The first-order chi connectivity index (χ1) is 4.18. The third kappa shape index (κ3) is 2.70. The van der Waals surface area contributed by atoms with Crippen molar-refractivity contribution in [2.75, 3.05) is 5.73 Å². The first kappa shape index (κ1) is 9.97. The Balaban J connectivity index is 0.000000810. The highest BCUT2D eigenvalue weighted by molar-refractivity contribution is 14.1. The van der Waals surface area contributed by atoms with Gasteiger partial charge in [0.25, 0.3) is 0 Å². The number of benzene rings is 1. The van der Waals surface area contributed by atoms with Crippen LogP contribution in [0.4, 0.5) is 10.1 Å². The number of halogens is 3. The lowest BCUT2D eigenvalue weighted by atomic mass is 10.3. The highest BCUT2D eigenvalue weighted by Crippen LogP contribution is 2.11. The molecule has 0 aromatic heterocycles. The van der Waals surface area contributed by atoms with Gasteiger partial charge in [-0.05, 0) is 40.8 Å². The number of nitrogen functional groups attached to an aromatic ring is 1. The van der Waals surface area contributed by atoms with Crippen LogP contribution in [0.5, 0.6) is 0 Å². The van der Waals surface area contributed by atoms with Gasteiger partial charge in [-0.25, -0.2) is 4.39 Å². The van der Waals surface area contributed by atoms with Crippen molar-refractivity contribution in [1.29, 1.82) is 0 Å². The third-order valence-corrected chi connectivity index (χ3v) is 1.51. The smallest absolute Gasteiger partial charge is 0.126 e. The summed E-state index contributed by atoms with van der Waals surface area (Å²) in [5.41, 5.74) is 5.79. The molecule has 0 spiro atoms. The Labute approximate surface area is 78.4 Å². The zero-order chi connectivity index (χ0) is 6.85. The van der Waals surface area contributed by atoms with Crippen LogP contribution in [0.15, 0.2) is 18.2 Å². The number of hydrogen-bond acceptors (Lipinski definition) is 1. The minimum atomic E-state index is -0.278. The van der Waals surface area contributed by atoms with Crippen LogP contribution >= 0.6 is 35.0 Å². The number of rotatable bonds is 0. The molecular formula is C6H6ClFIN. The van der Waals surface area contributed by atoms with Gasteiger partial charge in [0.2, 0.25) is 0 Å². The average Bonchev–Trinajstić information content (AvgIpc) is 1.59. The van der Waals surface area contributed by atoms with Crippen LogP contribution in [0.1, 0.15) is 0 Å². The molecule has 0 bridgehead atoms. The molecule has 0 atom stereocenters. The summed E-state index contributed by atoms with van der Waals surface area (Å²) in [5.74, 6) is -0.278. The molecule has 0 heterocycles. The van der Waals surface area contributed by atoms with Gasteiger partial charge in [-0.15, -0.1) is 12.4 Å². The maximum absolute atomic E-state index is 12.3. The van der Waals surface area contributed by atoms with Crippen molar-refractivity contribution in [3.05, 3.63) is 27.6 Å². The van der Waals surface area contributed by atoms with Crippen molar-refractivity contribution in [1.82, 2.24) is 0 Å². The number of anilines is 1. The summed E-state index contributed by atoms with van der Waals surface area (Å²) in [6.07, 6.45) is 0.